The van der Waals surface area contributed by atoms with Crippen molar-refractivity contribution in [3.63, 3.8) is 0 Å². The van der Waals surface area contributed by atoms with Crippen LogP contribution in [0.4, 0.5) is 5.69 Å². The van der Waals surface area contributed by atoms with Crippen LogP contribution in [0.15, 0.2) is 18.2 Å². The zero-order valence-electron chi connectivity index (χ0n) is 11.1. The first kappa shape index (κ1) is 15.5. The molecule has 0 aromatic heterocycles. The molecular formula is C13H17ClN2O3. The molecule has 0 fully saturated rings. The Morgan fingerprint density at radius 3 is 2.53 bits per heavy atom. The summed E-state index contributed by atoms with van der Waals surface area (Å²) in [4.78, 5) is 23.5. The first-order valence-corrected chi connectivity index (χ1v) is 6.19. The second-order valence-corrected chi connectivity index (χ2v) is 4.88. The number of halogens is 1. The molecule has 0 saturated heterocycles. The monoisotopic (exact) mass is 284 g/mol. The van der Waals surface area contributed by atoms with Gasteiger partial charge in [0.25, 0.3) is 0 Å². The van der Waals surface area contributed by atoms with Crippen LogP contribution in [0.2, 0.25) is 5.02 Å². The van der Waals surface area contributed by atoms with Gasteiger partial charge in [-0.25, -0.2) is 4.79 Å². The van der Waals surface area contributed by atoms with Gasteiger partial charge in [-0.05, 0) is 24.1 Å². The van der Waals surface area contributed by atoms with Crippen molar-refractivity contribution in [3.8, 4) is 0 Å². The van der Waals surface area contributed by atoms with Crippen molar-refractivity contribution in [1.82, 2.24) is 0 Å². The Kier molecular flexibility index (Phi) is 5.32. The molecule has 1 rings (SSSR count). The number of nitrogens with two attached hydrogens (primary N) is 1. The topological polar surface area (TPSA) is 81.4 Å². The van der Waals surface area contributed by atoms with Gasteiger partial charge >= 0.3 is 5.97 Å². The van der Waals surface area contributed by atoms with Gasteiger partial charge in [-0.1, -0.05) is 25.4 Å². The Labute approximate surface area is 117 Å². The maximum absolute atomic E-state index is 11.9. The Morgan fingerprint density at radius 1 is 1.37 bits per heavy atom. The number of carbonyl (C=O) groups is 2. The second-order valence-electron chi connectivity index (χ2n) is 4.44. The maximum Gasteiger partial charge on any atom is 0.339 e. The summed E-state index contributed by atoms with van der Waals surface area (Å²) in [6.45, 7) is 3.67. The summed E-state index contributed by atoms with van der Waals surface area (Å²) in [6, 6.07) is 3.86. The highest BCUT2D eigenvalue weighted by Crippen LogP contribution is 2.22. The van der Waals surface area contributed by atoms with Crippen LogP contribution >= 0.6 is 11.6 Å². The van der Waals surface area contributed by atoms with E-state index >= 15 is 0 Å². The summed E-state index contributed by atoms with van der Waals surface area (Å²) in [5.41, 5.74) is 6.27. The van der Waals surface area contributed by atoms with E-state index in [0.717, 1.165) is 0 Å². The third-order valence-corrected chi connectivity index (χ3v) is 2.90. The van der Waals surface area contributed by atoms with Crippen LogP contribution in [0, 0.1) is 5.92 Å². The molecule has 1 aromatic carbocycles. The van der Waals surface area contributed by atoms with Crippen LogP contribution in [0.5, 0.6) is 0 Å². The summed E-state index contributed by atoms with van der Waals surface area (Å²) >= 11 is 5.86. The average molecular weight is 285 g/mol. The predicted octanol–water partition coefficient (Wildman–Crippen LogP) is 2.05. The van der Waals surface area contributed by atoms with E-state index in [1.807, 2.05) is 13.8 Å². The molecule has 1 amide bonds. The van der Waals surface area contributed by atoms with Crippen molar-refractivity contribution < 1.29 is 14.3 Å². The number of amides is 1. The molecule has 0 radical (unpaired) electrons. The predicted molar refractivity (Wildman–Crippen MR) is 74.2 cm³/mol. The van der Waals surface area contributed by atoms with Crippen LogP contribution < -0.4 is 11.1 Å². The molecule has 3 N–H and O–H groups in total. The lowest BCUT2D eigenvalue weighted by atomic mass is 10.0. The minimum Gasteiger partial charge on any atom is -0.465 e. The molecule has 0 heterocycles. The number of hydrogen-bond acceptors (Lipinski definition) is 4. The van der Waals surface area contributed by atoms with Gasteiger partial charge in [0, 0.05) is 5.02 Å². The van der Waals surface area contributed by atoms with E-state index < -0.39 is 12.0 Å². The second kappa shape index (κ2) is 6.54. The van der Waals surface area contributed by atoms with Crippen LogP contribution in [0.25, 0.3) is 0 Å². The number of rotatable bonds is 4. The van der Waals surface area contributed by atoms with E-state index in [0.29, 0.717) is 10.7 Å². The van der Waals surface area contributed by atoms with Crippen molar-refractivity contribution in [2.45, 2.75) is 19.9 Å². The molecule has 0 bridgehead atoms. The van der Waals surface area contributed by atoms with Crippen molar-refractivity contribution in [2.24, 2.45) is 11.7 Å². The molecule has 0 aliphatic carbocycles. The quantitative estimate of drug-likeness (QED) is 0.829. The molecule has 0 aliphatic heterocycles. The average Bonchev–Trinajstić information content (AvgIpc) is 2.36. The highest BCUT2D eigenvalue weighted by molar-refractivity contribution is 6.31. The van der Waals surface area contributed by atoms with Crippen LogP contribution in [0.1, 0.15) is 24.2 Å². The van der Waals surface area contributed by atoms with Gasteiger partial charge < -0.3 is 15.8 Å². The first-order chi connectivity index (χ1) is 8.86. The number of ether oxygens (including phenoxy) is 1. The lowest BCUT2D eigenvalue weighted by molar-refractivity contribution is -0.118. The molecule has 5 nitrogen and oxygen atoms in total. The number of esters is 1. The zero-order valence-corrected chi connectivity index (χ0v) is 11.8. The van der Waals surface area contributed by atoms with Crippen molar-refractivity contribution in [3.05, 3.63) is 28.8 Å². The SMILES string of the molecule is COC(=O)c1ccc(Cl)cc1NC(=O)[C@@H](N)C(C)C. The van der Waals surface area contributed by atoms with Crippen molar-refractivity contribution in [2.75, 3.05) is 12.4 Å². The number of benzene rings is 1. The Hall–Kier alpha value is -1.59. The largest absolute Gasteiger partial charge is 0.465 e. The minimum atomic E-state index is -0.663. The standard InChI is InChI=1S/C13H17ClN2O3/c1-7(2)11(15)12(17)16-10-6-8(14)4-5-9(10)13(18)19-3/h4-7,11H,15H2,1-3H3,(H,16,17)/t11-/m0/s1. The maximum atomic E-state index is 11.9. The molecule has 19 heavy (non-hydrogen) atoms. The fraction of sp³-hybridized carbons (Fsp3) is 0.385. The summed E-state index contributed by atoms with van der Waals surface area (Å²) in [5.74, 6) is -0.937. The number of nitrogens with one attached hydrogen (secondary N) is 1. The van der Waals surface area contributed by atoms with Crippen molar-refractivity contribution >= 4 is 29.2 Å². The Balaban J connectivity index is 3.02. The molecule has 1 aromatic rings. The van der Waals surface area contributed by atoms with Gasteiger partial charge in [-0.3, -0.25) is 4.79 Å². The summed E-state index contributed by atoms with van der Waals surface area (Å²) < 4.78 is 4.64. The lowest BCUT2D eigenvalue weighted by Gasteiger charge is -2.16. The van der Waals surface area contributed by atoms with E-state index in [1.165, 1.54) is 19.2 Å². The van der Waals surface area contributed by atoms with E-state index in [-0.39, 0.29) is 17.4 Å². The highest BCUT2D eigenvalue weighted by atomic mass is 35.5. The van der Waals surface area contributed by atoms with E-state index in [1.54, 1.807) is 6.07 Å². The third-order valence-electron chi connectivity index (χ3n) is 2.67. The number of hydrogen-bond donors (Lipinski definition) is 2. The third kappa shape index (κ3) is 3.94. The van der Waals surface area contributed by atoms with E-state index in [4.69, 9.17) is 17.3 Å². The van der Waals surface area contributed by atoms with Gasteiger partial charge in [0.15, 0.2) is 0 Å². The molecule has 0 unspecified atom stereocenters. The van der Waals surface area contributed by atoms with E-state index in [9.17, 15) is 9.59 Å². The van der Waals surface area contributed by atoms with Crippen LogP contribution in [-0.2, 0) is 9.53 Å². The first-order valence-electron chi connectivity index (χ1n) is 5.81. The summed E-state index contributed by atoms with van der Waals surface area (Å²) in [7, 11) is 1.27. The van der Waals surface area contributed by atoms with Gasteiger partial charge in [-0.2, -0.15) is 0 Å². The van der Waals surface area contributed by atoms with Crippen LogP contribution in [-0.4, -0.2) is 25.0 Å². The molecule has 104 valence electrons. The number of carbonyl (C=O) groups excluding carboxylic acids is 2. The zero-order chi connectivity index (χ0) is 14.6. The lowest BCUT2D eigenvalue weighted by Crippen LogP contribution is -2.40. The summed E-state index contributed by atoms with van der Waals surface area (Å²) in [6.07, 6.45) is 0. The molecule has 0 spiro atoms. The molecule has 1 atom stereocenters. The van der Waals surface area contributed by atoms with Gasteiger partial charge in [0.2, 0.25) is 5.91 Å². The molecule has 0 aliphatic rings. The number of methoxy groups -OCH3 is 1. The molecular weight excluding hydrogens is 268 g/mol. The highest BCUT2D eigenvalue weighted by Gasteiger charge is 2.20. The Morgan fingerprint density at radius 2 is 2.00 bits per heavy atom. The van der Waals surface area contributed by atoms with Crippen molar-refractivity contribution in [1.29, 1.82) is 0 Å². The fourth-order valence-electron chi connectivity index (χ4n) is 1.43. The molecule has 6 heteroatoms. The minimum absolute atomic E-state index is 0.0132. The summed E-state index contributed by atoms with van der Waals surface area (Å²) in [5, 5.41) is 3.00. The fourth-order valence-corrected chi connectivity index (χ4v) is 1.60. The van der Waals surface area contributed by atoms with Gasteiger partial charge in [-0.15, -0.1) is 0 Å². The van der Waals surface area contributed by atoms with Crippen LogP contribution in [0.3, 0.4) is 0 Å². The number of anilines is 1. The smallest absolute Gasteiger partial charge is 0.339 e. The van der Waals surface area contributed by atoms with Gasteiger partial charge in [0.05, 0.1) is 24.4 Å². The Bertz CT molecular complexity index is 489. The van der Waals surface area contributed by atoms with E-state index in [2.05, 4.69) is 10.1 Å². The molecule has 0 saturated carbocycles. The van der Waals surface area contributed by atoms with Gasteiger partial charge in [0.1, 0.15) is 0 Å². The normalized spacial score (nSPS) is 12.1.